The van der Waals surface area contributed by atoms with Crippen LogP contribution in [0.15, 0.2) is 11.4 Å². The molecule has 0 radical (unpaired) electrons. The summed E-state index contributed by atoms with van der Waals surface area (Å²) in [4.78, 5) is 0. The van der Waals surface area contributed by atoms with Crippen molar-refractivity contribution < 1.29 is 9.31 Å². The van der Waals surface area contributed by atoms with Crippen LogP contribution in [-0.4, -0.2) is 18.3 Å². The van der Waals surface area contributed by atoms with Crippen molar-refractivity contribution >= 4 is 23.2 Å². The van der Waals surface area contributed by atoms with Gasteiger partial charge in [-0.1, -0.05) is 12.8 Å². The molecular formula is C15H23BO2S. The number of thiophene rings is 1. The van der Waals surface area contributed by atoms with Gasteiger partial charge in [0.15, 0.2) is 0 Å². The van der Waals surface area contributed by atoms with Gasteiger partial charge in [-0.15, -0.1) is 0 Å². The number of hydrogen-bond donors (Lipinski definition) is 0. The smallest absolute Gasteiger partial charge is 0.399 e. The molecule has 2 heterocycles. The molecule has 104 valence electrons. The van der Waals surface area contributed by atoms with Crippen molar-refractivity contribution in [2.24, 2.45) is 0 Å². The Morgan fingerprint density at radius 3 is 2.26 bits per heavy atom. The monoisotopic (exact) mass is 278 g/mol. The first kappa shape index (κ1) is 13.7. The van der Waals surface area contributed by atoms with E-state index < -0.39 is 0 Å². The Morgan fingerprint density at radius 2 is 1.68 bits per heavy atom. The van der Waals surface area contributed by atoms with Gasteiger partial charge in [0.2, 0.25) is 0 Å². The van der Waals surface area contributed by atoms with Gasteiger partial charge >= 0.3 is 7.12 Å². The topological polar surface area (TPSA) is 18.5 Å². The van der Waals surface area contributed by atoms with Crippen LogP contribution < -0.4 is 4.78 Å². The van der Waals surface area contributed by atoms with E-state index >= 15 is 0 Å². The van der Waals surface area contributed by atoms with Crippen LogP contribution in [0.4, 0.5) is 0 Å². The summed E-state index contributed by atoms with van der Waals surface area (Å²) in [6.07, 6.45) is 5.46. The fourth-order valence-electron chi connectivity index (χ4n) is 2.92. The zero-order chi connectivity index (χ0) is 13.7. The molecule has 1 saturated carbocycles. The minimum atomic E-state index is -0.241. The highest BCUT2D eigenvalue weighted by atomic mass is 32.1. The lowest BCUT2D eigenvalue weighted by Gasteiger charge is -2.32. The number of rotatable bonds is 2. The van der Waals surface area contributed by atoms with Gasteiger partial charge in [-0.3, -0.25) is 0 Å². The van der Waals surface area contributed by atoms with Gasteiger partial charge < -0.3 is 9.31 Å². The predicted octanol–water partition coefficient (Wildman–Crippen LogP) is 3.70. The average Bonchev–Trinajstić information content (AvgIpc) is 3.00. The molecule has 2 fully saturated rings. The summed E-state index contributed by atoms with van der Waals surface area (Å²) < 4.78 is 13.5. The van der Waals surface area contributed by atoms with Crippen LogP contribution in [0.5, 0.6) is 0 Å². The molecule has 2 nitrogen and oxygen atoms in total. The van der Waals surface area contributed by atoms with Crippen LogP contribution in [0.3, 0.4) is 0 Å². The third kappa shape index (κ3) is 2.39. The Bertz CT molecular complexity index is 444. The Morgan fingerprint density at radius 1 is 1.11 bits per heavy atom. The maximum Gasteiger partial charge on any atom is 0.505 e. The quantitative estimate of drug-likeness (QED) is 0.768. The maximum absolute atomic E-state index is 6.11. The SMILES string of the molecule is CC1(C)OB(c2cc(C3CCCC3)cs2)OC1(C)C. The van der Waals surface area contributed by atoms with Crippen LogP contribution in [0.1, 0.15) is 64.9 Å². The Kier molecular flexibility index (Phi) is 3.31. The van der Waals surface area contributed by atoms with Crippen LogP contribution in [0, 0.1) is 0 Å². The van der Waals surface area contributed by atoms with Crippen LogP contribution in [0.2, 0.25) is 0 Å². The van der Waals surface area contributed by atoms with E-state index in [0.29, 0.717) is 0 Å². The lowest BCUT2D eigenvalue weighted by atomic mass is 9.86. The second-order valence-electron chi connectivity index (χ2n) is 6.85. The Balaban J connectivity index is 1.77. The van der Waals surface area contributed by atoms with Crippen LogP contribution in [-0.2, 0) is 9.31 Å². The lowest BCUT2D eigenvalue weighted by molar-refractivity contribution is 0.00578. The molecule has 0 unspecified atom stereocenters. The standard InChI is InChI=1S/C15H23BO2S/c1-14(2)15(3,4)18-16(17-14)13-9-12(10-19-13)11-7-5-6-8-11/h9-11H,5-8H2,1-4H3. The van der Waals surface area contributed by atoms with E-state index in [1.54, 1.807) is 11.3 Å². The van der Waals surface area contributed by atoms with Gasteiger partial charge in [0.05, 0.1) is 11.2 Å². The van der Waals surface area contributed by atoms with Crippen molar-refractivity contribution in [3.63, 3.8) is 0 Å². The molecule has 0 bridgehead atoms. The van der Waals surface area contributed by atoms with Gasteiger partial charge in [-0.25, -0.2) is 0 Å². The van der Waals surface area contributed by atoms with E-state index in [-0.39, 0.29) is 18.3 Å². The van der Waals surface area contributed by atoms with Crippen molar-refractivity contribution in [2.45, 2.75) is 70.5 Å². The van der Waals surface area contributed by atoms with Crippen molar-refractivity contribution in [2.75, 3.05) is 0 Å². The third-order valence-electron chi connectivity index (χ3n) is 4.95. The molecular weight excluding hydrogens is 255 g/mol. The lowest BCUT2D eigenvalue weighted by Crippen LogP contribution is -2.41. The van der Waals surface area contributed by atoms with E-state index in [0.717, 1.165) is 5.92 Å². The highest BCUT2D eigenvalue weighted by Crippen LogP contribution is 2.38. The molecule has 2 aliphatic rings. The summed E-state index contributed by atoms with van der Waals surface area (Å²) in [7, 11) is -0.190. The molecule has 0 atom stereocenters. The molecule has 3 rings (SSSR count). The van der Waals surface area contributed by atoms with E-state index in [1.807, 2.05) is 0 Å². The van der Waals surface area contributed by atoms with Crippen molar-refractivity contribution in [3.05, 3.63) is 17.0 Å². The molecule has 4 heteroatoms. The third-order valence-corrected chi connectivity index (χ3v) is 5.92. The Labute approximate surface area is 120 Å². The fraction of sp³-hybridized carbons (Fsp3) is 0.733. The van der Waals surface area contributed by atoms with E-state index in [2.05, 4.69) is 39.1 Å². The largest absolute Gasteiger partial charge is 0.505 e. The first-order chi connectivity index (χ1) is 8.89. The van der Waals surface area contributed by atoms with Gasteiger partial charge in [-0.05, 0) is 63.5 Å². The first-order valence-electron chi connectivity index (χ1n) is 7.33. The summed E-state index contributed by atoms with van der Waals surface area (Å²) in [5.74, 6) is 0.771. The van der Waals surface area contributed by atoms with E-state index in [9.17, 15) is 0 Å². The highest BCUT2D eigenvalue weighted by Gasteiger charge is 2.52. The van der Waals surface area contributed by atoms with E-state index in [4.69, 9.17) is 9.31 Å². The Hall–Kier alpha value is -0.315. The minimum Gasteiger partial charge on any atom is -0.399 e. The highest BCUT2D eigenvalue weighted by molar-refractivity contribution is 7.20. The second-order valence-corrected chi connectivity index (χ2v) is 7.79. The molecule has 1 aliphatic heterocycles. The zero-order valence-corrected chi connectivity index (χ0v) is 13.2. The van der Waals surface area contributed by atoms with Gasteiger partial charge in [0, 0.05) is 4.78 Å². The van der Waals surface area contributed by atoms with Crippen molar-refractivity contribution in [1.29, 1.82) is 0 Å². The number of hydrogen-bond acceptors (Lipinski definition) is 3. The van der Waals surface area contributed by atoms with Crippen LogP contribution in [0.25, 0.3) is 0 Å². The van der Waals surface area contributed by atoms with Crippen LogP contribution >= 0.6 is 11.3 Å². The zero-order valence-electron chi connectivity index (χ0n) is 12.4. The molecule has 19 heavy (non-hydrogen) atoms. The molecule has 1 saturated heterocycles. The van der Waals surface area contributed by atoms with Gasteiger partial charge in [0.1, 0.15) is 0 Å². The van der Waals surface area contributed by atoms with E-state index in [1.165, 1.54) is 36.0 Å². The summed E-state index contributed by atoms with van der Waals surface area (Å²) in [6.45, 7) is 8.44. The normalized spacial score (nSPS) is 26.2. The summed E-state index contributed by atoms with van der Waals surface area (Å²) in [6, 6.07) is 2.31. The molecule has 1 aromatic heterocycles. The first-order valence-corrected chi connectivity index (χ1v) is 8.21. The summed E-state index contributed by atoms with van der Waals surface area (Å²) in [5, 5.41) is 2.30. The molecule has 0 spiro atoms. The van der Waals surface area contributed by atoms with Crippen molar-refractivity contribution in [3.8, 4) is 0 Å². The summed E-state index contributed by atoms with van der Waals surface area (Å²) in [5.41, 5.74) is 1.01. The fourth-order valence-corrected chi connectivity index (χ4v) is 3.87. The molecule has 1 aromatic rings. The maximum atomic E-state index is 6.11. The molecule has 0 N–H and O–H groups in total. The van der Waals surface area contributed by atoms with Gasteiger partial charge in [0.25, 0.3) is 0 Å². The van der Waals surface area contributed by atoms with Gasteiger partial charge in [-0.2, -0.15) is 11.3 Å². The molecule has 0 amide bonds. The molecule has 0 aromatic carbocycles. The average molecular weight is 278 g/mol. The second kappa shape index (κ2) is 4.61. The predicted molar refractivity (Wildman–Crippen MR) is 81.2 cm³/mol. The molecule has 1 aliphatic carbocycles. The minimum absolute atomic E-state index is 0.190. The summed E-state index contributed by atoms with van der Waals surface area (Å²) >= 11 is 1.79. The van der Waals surface area contributed by atoms with Crippen molar-refractivity contribution in [1.82, 2.24) is 0 Å².